The smallest absolute Gasteiger partial charge is 0.371 e. The van der Waals surface area contributed by atoms with Gasteiger partial charge in [0.1, 0.15) is 4.90 Å². The summed E-state index contributed by atoms with van der Waals surface area (Å²) in [4.78, 5) is 32.0. The molecule has 0 aromatic carbocycles. The van der Waals surface area contributed by atoms with Crippen LogP contribution in [0, 0.1) is 0 Å². The van der Waals surface area contributed by atoms with Crippen LogP contribution in [-0.4, -0.2) is 48.7 Å². The molecule has 1 aromatic heterocycles. The van der Waals surface area contributed by atoms with Crippen LogP contribution in [0.1, 0.15) is 10.6 Å². The molecular weight excluding hydrogens is 374 g/mol. The van der Waals surface area contributed by atoms with Crippen molar-refractivity contribution in [2.45, 2.75) is 4.90 Å². The Balaban J connectivity index is 3.31. The second-order valence-corrected chi connectivity index (χ2v) is 6.39. The van der Waals surface area contributed by atoms with Crippen molar-refractivity contribution < 1.29 is 32.3 Å². The average Bonchev–Trinajstić information content (AvgIpc) is 2.70. The van der Waals surface area contributed by atoms with Crippen molar-refractivity contribution in [3.05, 3.63) is 16.5 Å². The zero-order valence-electron chi connectivity index (χ0n) is 10.3. The molecule has 116 valence electrons. The third kappa shape index (κ3) is 4.03. The van der Waals surface area contributed by atoms with Crippen LogP contribution in [0.2, 0.25) is 0 Å². The normalized spacial score (nSPS) is 11.5. The molecule has 10 nitrogen and oxygen atoms in total. The van der Waals surface area contributed by atoms with Gasteiger partial charge in [-0.05, 0) is 15.9 Å². The minimum Gasteiger partial charge on any atom is -0.475 e. The molecule has 0 aliphatic carbocycles. The zero-order valence-corrected chi connectivity index (χ0v) is 12.7. The van der Waals surface area contributed by atoms with Crippen LogP contribution < -0.4 is 11.5 Å². The SMILES string of the molecule is NC(=O)CN(CC(N)=O)S(=O)(=O)c1cc(C(=O)O)oc1Br. The number of carbonyl (C=O) groups excluding carboxylic acids is 2. The molecule has 0 atom stereocenters. The predicted octanol–water partition coefficient (Wildman–Crippen LogP) is -1.30. The summed E-state index contributed by atoms with van der Waals surface area (Å²) in [6.07, 6.45) is 0. The highest BCUT2D eigenvalue weighted by Gasteiger charge is 2.32. The molecule has 1 aromatic rings. The molecule has 2 amide bonds. The molecule has 0 spiro atoms. The first-order valence-corrected chi connectivity index (χ1v) is 7.38. The Bertz CT molecular complexity index is 680. The fraction of sp³-hybridized carbons (Fsp3) is 0.222. The molecule has 1 rings (SSSR count). The molecule has 5 N–H and O–H groups in total. The van der Waals surface area contributed by atoms with Crippen molar-refractivity contribution in [2.24, 2.45) is 11.5 Å². The molecule has 12 heteroatoms. The van der Waals surface area contributed by atoms with E-state index in [0.717, 1.165) is 6.07 Å². The van der Waals surface area contributed by atoms with Crippen molar-refractivity contribution in [1.29, 1.82) is 0 Å². The number of carboxylic acid groups (broad SMARTS) is 1. The molecule has 0 bridgehead atoms. The quantitative estimate of drug-likeness (QED) is 0.524. The van der Waals surface area contributed by atoms with Crippen LogP contribution in [0.15, 0.2) is 20.0 Å². The Morgan fingerprint density at radius 3 is 2.05 bits per heavy atom. The highest BCUT2D eigenvalue weighted by Crippen LogP contribution is 2.28. The minimum atomic E-state index is -4.41. The van der Waals surface area contributed by atoms with E-state index in [1.165, 1.54) is 0 Å². The van der Waals surface area contributed by atoms with Gasteiger partial charge in [-0.1, -0.05) is 0 Å². The van der Waals surface area contributed by atoms with Crippen molar-refractivity contribution in [2.75, 3.05) is 13.1 Å². The predicted molar refractivity (Wildman–Crippen MR) is 70.5 cm³/mol. The molecule has 0 radical (unpaired) electrons. The van der Waals surface area contributed by atoms with Crippen LogP contribution in [0.5, 0.6) is 0 Å². The monoisotopic (exact) mass is 383 g/mol. The van der Waals surface area contributed by atoms with E-state index in [0.29, 0.717) is 4.31 Å². The highest BCUT2D eigenvalue weighted by molar-refractivity contribution is 9.10. The number of primary amides is 2. The van der Waals surface area contributed by atoms with Gasteiger partial charge >= 0.3 is 5.97 Å². The van der Waals surface area contributed by atoms with Gasteiger partial charge in [-0.3, -0.25) is 9.59 Å². The minimum absolute atomic E-state index is 0.390. The largest absolute Gasteiger partial charge is 0.475 e. The zero-order chi connectivity index (χ0) is 16.4. The number of hydrogen-bond acceptors (Lipinski definition) is 6. The van der Waals surface area contributed by atoms with E-state index in [1.807, 2.05) is 0 Å². The first-order valence-electron chi connectivity index (χ1n) is 5.15. The fourth-order valence-corrected chi connectivity index (χ4v) is 3.62. The van der Waals surface area contributed by atoms with Gasteiger partial charge in [0.05, 0.1) is 13.1 Å². The van der Waals surface area contributed by atoms with E-state index in [2.05, 4.69) is 15.9 Å². The lowest BCUT2D eigenvalue weighted by molar-refractivity contribution is -0.120. The van der Waals surface area contributed by atoms with E-state index in [-0.39, 0.29) is 4.67 Å². The highest BCUT2D eigenvalue weighted by atomic mass is 79.9. The van der Waals surface area contributed by atoms with Crippen molar-refractivity contribution >= 4 is 43.7 Å². The Morgan fingerprint density at radius 1 is 1.24 bits per heavy atom. The van der Waals surface area contributed by atoms with Crippen LogP contribution in [0.4, 0.5) is 0 Å². The van der Waals surface area contributed by atoms with Crippen molar-refractivity contribution in [3.8, 4) is 0 Å². The number of amides is 2. The van der Waals surface area contributed by atoms with Crippen LogP contribution in [0.3, 0.4) is 0 Å². The maximum absolute atomic E-state index is 12.3. The molecule has 0 saturated heterocycles. The molecule has 0 aliphatic rings. The lowest BCUT2D eigenvalue weighted by atomic mass is 10.5. The van der Waals surface area contributed by atoms with Gasteiger partial charge in [0.25, 0.3) is 0 Å². The number of sulfonamides is 1. The molecule has 0 unspecified atom stereocenters. The lowest BCUT2D eigenvalue weighted by Crippen LogP contribution is -2.43. The summed E-state index contributed by atoms with van der Waals surface area (Å²) >= 11 is 2.75. The maximum Gasteiger partial charge on any atom is 0.371 e. The summed E-state index contributed by atoms with van der Waals surface area (Å²) in [5, 5.41) is 8.75. The van der Waals surface area contributed by atoms with Gasteiger partial charge < -0.3 is 21.0 Å². The number of carboxylic acids is 1. The maximum atomic E-state index is 12.3. The first-order chi connectivity index (χ1) is 9.55. The summed E-state index contributed by atoms with van der Waals surface area (Å²) in [6.45, 7) is -1.60. The number of carbonyl (C=O) groups is 3. The Labute approximate surface area is 126 Å². The summed E-state index contributed by atoms with van der Waals surface area (Å²) in [5.41, 5.74) is 9.82. The molecule has 0 aliphatic heterocycles. The summed E-state index contributed by atoms with van der Waals surface area (Å²) in [7, 11) is -4.41. The van der Waals surface area contributed by atoms with Crippen molar-refractivity contribution in [3.63, 3.8) is 0 Å². The standard InChI is InChI=1S/C9H10BrN3O7S/c10-8-5(1-4(20-8)9(16)17)21(18,19)13(2-6(11)14)3-7(12)15/h1H,2-3H2,(H2,11,14)(H2,12,15)(H,16,17). The van der Waals surface area contributed by atoms with E-state index < -0.39 is 51.6 Å². The number of aromatic carboxylic acids is 1. The van der Waals surface area contributed by atoms with E-state index in [9.17, 15) is 22.8 Å². The van der Waals surface area contributed by atoms with Crippen LogP contribution in [-0.2, 0) is 19.6 Å². The Hall–Kier alpha value is -1.92. The fourth-order valence-electron chi connectivity index (χ4n) is 1.35. The van der Waals surface area contributed by atoms with Gasteiger partial charge in [-0.2, -0.15) is 4.31 Å². The molecule has 1 heterocycles. The van der Waals surface area contributed by atoms with Crippen LogP contribution >= 0.6 is 15.9 Å². The number of nitrogens with two attached hydrogens (primary N) is 2. The number of nitrogens with zero attached hydrogens (tertiary/aromatic N) is 1. The van der Waals surface area contributed by atoms with E-state index in [4.69, 9.17) is 21.0 Å². The molecular formula is C9H10BrN3O7S. The van der Waals surface area contributed by atoms with Gasteiger partial charge in [0, 0.05) is 6.07 Å². The lowest BCUT2D eigenvalue weighted by Gasteiger charge is -2.18. The first kappa shape index (κ1) is 17.1. The van der Waals surface area contributed by atoms with Gasteiger partial charge in [0.15, 0.2) is 4.67 Å². The topological polar surface area (TPSA) is 174 Å². The van der Waals surface area contributed by atoms with E-state index in [1.54, 1.807) is 0 Å². The second kappa shape index (κ2) is 6.24. The number of rotatable bonds is 7. The van der Waals surface area contributed by atoms with Gasteiger partial charge in [0.2, 0.25) is 27.6 Å². The van der Waals surface area contributed by atoms with Crippen LogP contribution in [0.25, 0.3) is 0 Å². The van der Waals surface area contributed by atoms with Gasteiger partial charge in [-0.25, -0.2) is 13.2 Å². The summed E-state index contributed by atoms with van der Waals surface area (Å²) in [6, 6.07) is 0.733. The summed E-state index contributed by atoms with van der Waals surface area (Å²) in [5.74, 6) is -4.16. The number of hydrogen-bond donors (Lipinski definition) is 3. The average molecular weight is 384 g/mol. The number of halogens is 1. The molecule has 21 heavy (non-hydrogen) atoms. The Kier molecular flexibility index (Phi) is 5.09. The molecule has 0 fully saturated rings. The Morgan fingerprint density at radius 2 is 1.71 bits per heavy atom. The summed E-state index contributed by atoms with van der Waals surface area (Å²) < 4.78 is 29.3. The van der Waals surface area contributed by atoms with Gasteiger partial charge in [-0.15, -0.1) is 0 Å². The number of furan rings is 1. The van der Waals surface area contributed by atoms with E-state index >= 15 is 0 Å². The molecule has 0 saturated carbocycles. The van der Waals surface area contributed by atoms with Crippen molar-refractivity contribution in [1.82, 2.24) is 4.31 Å². The third-order valence-corrected chi connectivity index (χ3v) is 4.80. The second-order valence-electron chi connectivity index (χ2n) is 3.76. The third-order valence-electron chi connectivity index (χ3n) is 2.15.